The fourth-order valence-corrected chi connectivity index (χ4v) is 4.89. The van der Waals surface area contributed by atoms with E-state index < -0.39 is 0 Å². The van der Waals surface area contributed by atoms with Gasteiger partial charge in [0.25, 0.3) is 0 Å². The monoisotopic (exact) mass is 344 g/mol. The number of nitrogens with one attached hydrogen (secondary N) is 1. The van der Waals surface area contributed by atoms with E-state index in [1.807, 2.05) is 12.1 Å². The lowest BCUT2D eigenvalue weighted by atomic mass is 10.0. The zero-order valence-electron chi connectivity index (χ0n) is 12.2. The first-order chi connectivity index (χ1) is 10.2. The van der Waals surface area contributed by atoms with Crippen molar-refractivity contribution in [2.45, 2.75) is 37.9 Å². The highest BCUT2D eigenvalue weighted by Gasteiger charge is 2.30. The van der Waals surface area contributed by atoms with Crippen LogP contribution in [0, 0.1) is 0 Å². The molecule has 0 unspecified atom stereocenters. The van der Waals surface area contributed by atoms with Crippen molar-refractivity contribution < 1.29 is 0 Å². The van der Waals surface area contributed by atoms with Gasteiger partial charge in [0.2, 0.25) is 0 Å². The summed E-state index contributed by atoms with van der Waals surface area (Å²) in [5.41, 5.74) is 1.20. The van der Waals surface area contributed by atoms with E-state index >= 15 is 0 Å². The number of halogens is 2. The van der Waals surface area contributed by atoms with E-state index in [9.17, 15) is 0 Å². The van der Waals surface area contributed by atoms with Crippen LogP contribution in [0.2, 0.25) is 10.0 Å². The fourth-order valence-electron chi connectivity index (χ4n) is 3.34. The minimum atomic E-state index is 0.643. The molecule has 116 valence electrons. The van der Waals surface area contributed by atoms with Crippen LogP contribution in [0.4, 0.5) is 0 Å². The molecule has 21 heavy (non-hydrogen) atoms. The molecule has 1 N–H and O–H groups in total. The smallest absolute Gasteiger partial charge is 0.0465 e. The molecule has 2 aliphatic heterocycles. The summed E-state index contributed by atoms with van der Waals surface area (Å²) >= 11 is 14.5. The summed E-state index contributed by atoms with van der Waals surface area (Å²) < 4.78 is 0. The van der Waals surface area contributed by atoms with Crippen molar-refractivity contribution in [3.63, 3.8) is 0 Å². The largest absolute Gasteiger partial charge is 0.315 e. The van der Waals surface area contributed by atoms with Gasteiger partial charge in [-0.15, -0.1) is 0 Å². The van der Waals surface area contributed by atoms with Crippen molar-refractivity contribution in [1.29, 1.82) is 0 Å². The van der Waals surface area contributed by atoms with E-state index in [4.69, 9.17) is 23.2 Å². The molecule has 0 bridgehead atoms. The molecule has 2 aliphatic rings. The highest BCUT2D eigenvalue weighted by Crippen LogP contribution is 2.29. The molecule has 0 amide bonds. The molecule has 1 aromatic carbocycles. The van der Waals surface area contributed by atoms with E-state index in [-0.39, 0.29) is 0 Å². The Labute approximate surface area is 141 Å². The number of benzene rings is 1. The van der Waals surface area contributed by atoms with Gasteiger partial charge < -0.3 is 5.32 Å². The maximum Gasteiger partial charge on any atom is 0.0465 e. The molecule has 3 rings (SSSR count). The van der Waals surface area contributed by atoms with Gasteiger partial charge in [0.05, 0.1) is 0 Å². The summed E-state index contributed by atoms with van der Waals surface area (Å²) in [6.07, 6.45) is 3.84. The molecule has 1 aromatic rings. The van der Waals surface area contributed by atoms with E-state index in [0.29, 0.717) is 17.1 Å². The molecule has 0 aromatic heterocycles. The highest BCUT2D eigenvalue weighted by molar-refractivity contribution is 7.99. The predicted molar refractivity (Wildman–Crippen MR) is 93.6 cm³/mol. The third-order valence-corrected chi connectivity index (χ3v) is 6.17. The lowest BCUT2D eigenvalue weighted by Gasteiger charge is -2.38. The molecule has 0 spiro atoms. The van der Waals surface area contributed by atoms with Gasteiger partial charge in [0.1, 0.15) is 0 Å². The minimum absolute atomic E-state index is 0.643. The minimum Gasteiger partial charge on any atom is -0.315 e. The molecule has 0 saturated carbocycles. The van der Waals surface area contributed by atoms with Crippen LogP contribution in [0.25, 0.3) is 0 Å². The predicted octanol–water partition coefficient (Wildman–Crippen LogP) is 4.05. The Morgan fingerprint density at radius 2 is 1.95 bits per heavy atom. The van der Waals surface area contributed by atoms with Crippen LogP contribution in [-0.4, -0.2) is 41.6 Å². The van der Waals surface area contributed by atoms with Crippen molar-refractivity contribution in [3.05, 3.63) is 33.8 Å². The van der Waals surface area contributed by atoms with E-state index in [1.165, 1.54) is 36.3 Å². The van der Waals surface area contributed by atoms with Crippen LogP contribution in [-0.2, 0) is 6.54 Å². The molecule has 2 heterocycles. The normalized spacial score (nSPS) is 23.9. The van der Waals surface area contributed by atoms with Gasteiger partial charge in [-0.25, -0.2) is 0 Å². The van der Waals surface area contributed by atoms with Gasteiger partial charge in [0.15, 0.2) is 0 Å². The first kappa shape index (κ1) is 15.9. The third-order valence-electron chi connectivity index (χ3n) is 4.53. The standard InChI is InChI=1S/C16H22Cl2N2S/c17-13-2-1-12(16(18)9-13)11-20(15-3-6-19-10-15)14-4-7-21-8-5-14/h1-2,9,14-15,19H,3-8,10-11H2/t15-/m0/s1. The number of rotatable bonds is 4. The van der Waals surface area contributed by atoms with Gasteiger partial charge in [-0.05, 0) is 55.0 Å². The van der Waals surface area contributed by atoms with Gasteiger partial charge in [0, 0.05) is 35.2 Å². The number of hydrogen-bond acceptors (Lipinski definition) is 3. The first-order valence-corrected chi connectivity index (χ1v) is 9.63. The van der Waals surface area contributed by atoms with Crippen molar-refractivity contribution in [2.75, 3.05) is 24.6 Å². The molecule has 0 aliphatic carbocycles. The summed E-state index contributed by atoms with van der Waals surface area (Å²) in [7, 11) is 0. The molecule has 5 heteroatoms. The summed E-state index contributed by atoms with van der Waals surface area (Å²) in [6.45, 7) is 3.18. The van der Waals surface area contributed by atoms with Crippen LogP contribution in [0.3, 0.4) is 0 Å². The zero-order valence-corrected chi connectivity index (χ0v) is 14.5. The van der Waals surface area contributed by atoms with Crippen LogP contribution >= 0.6 is 35.0 Å². The maximum absolute atomic E-state index is 6.39. The zero-order chi connectivity index (χ0) is 14.7. The Morgan fingerprint density at radius 3 is 2.62 bits per heavy atom. The molecular formula is C16H22Cl2N2S. The second-order valence-corrected chi connectivity index (χ2v) is 7.97. The average Bonchev–Trinajstić information content (AvgIpc) is 3.01. The molecule has 2 saturated heterocycles. The highest BCUT2D eigenvalue weighted by atomic mass is 35.5. The van der Waals surface area contributed by atoms with Crippen LogP contribution in [0.1, 0.15) is 24.8 Å². The Balaban J connectivity index is 1.77. The number of hydrogen-bond donors (Lipinski definition) is 1. The fraction of sp³-hybridized carbons (Fsp3) is 0.625. The van der Waals surface area contributed by atoms with Crippen molar-refractivity contribution in [1.82, 2.24) is 10.2 Å². The first-order valence-electron chi connectivity index (χ1n) is 7.72. The van der Waals surface area contributed by atoms with Crippen molar-refractivity contribution in [3.8, 4) is 0 Å². The van der Waals surface area contributed by atoms with Crippen LogP contribution < -0.4 is 5.32 Å². The Bertz CT molecular complexity index is 471. The van der Waals surface area contributed by atoms with Crippen LogP contribution in [0.5, 0.6) is 0 Å². The number of nitrogens with zero attached hydrogens (tertiary/aromatic N) is 1. The Hall–Kier alpha value is 0.0700. The van der Waals surface area contributed by atoms with Gasteiger partial charge >= 0.3 is 0 Å². The van der Waals surface area contributed by atoms with Crippen molar-refractivity contribution in [2.24, 2.45) is 0 Å². The lowest BCUT2D eigenvalue weighted by molar-refractivity contribution is 0.125. The molecule has 0 radical (unpaired) electrons. The summed E-state index contributed by atoms with van der Waals surface area (Å²) in [5.74, 6) is 2.57. The summed E-state index contributed by atoms with van der Waals surface area (Å²) in [6, 6.07) is 7.23. The van der Waals surface area contributed by atoms with E-state index in [0.717, 1.165) is 24.7 Å². The van der Waals surface area contributed by atoms with E-state index in [2.05, 4.69) is 28.0 Å². The SMILES string of the molecule is Clc1ccc(CN(C2CCSCC2)[C@H]2CCNC2)c(Cl)c1. The Morgan fingerprint density at radius 1 is 1.14 bits per heavy atom. The van der Waals surface area contributed by atoms with Gasteiger partial charge in [-0.1, -0.05) is 29.3 Å². The molecule has 2 nitrogen and oxygen atoms in total. The number of thioether (sulfide) groups is 1. The topological polar surface area (TPSA) is 15.3 Å². The van der Waals surface area contributed by atoms with Gasteiger partial charge in [-0.2, -0.15) is 11.8 Å². The van der Waals surface area contributed by atoms with Gasteiger partial charge in [-0.3, -0.25) is 4.90 Å². The Kier molecular flexibility index (Phi) is 5.74. The quantitative estimate of drug-likeness (QED) is 0.886. The summed E-state index contributed by atoms with van der Waals surface area (Å²) in [4.78, 5) is 2.69. The average molecular weight is 345 g/mol. The lowest BCUT2D eigenvalue weighted by Crippen LogP contribution is -2.45. The molecule has 2 fully saturated rings. The second-order valence-electron chi connectivity index (χ2n) is 5.90. The summed E-state index contributed by atoms with van der Waals surface area (Å²) in [5, 5.41) is 5.01. The molecular weight excluding hydrogens is 323 g/mol. The third kappa shape index (κ3) is 4.08. The molecule has 1 atom stereocenters. The maximum atomic E-state index is 6.39. The second kappa shape index (κ2) is 7.56. The van der Waals surface area contributed by atoms with Crippen molar-refractivity contribution >= 4 is 35.0 Å². The van der Waals surface area contributed by atoms with E-state index in [1.54, 1.807) is 0 Å². The van der Waals surface area contributed by atoms with Crippen LogP contribution in [0.15, 0.2) is 18.2 Å².